The van der Waals surface area contributed by atoms with Crippen LogP contribution in [0.1, 0.15) is 24.1 Å². The Labute approximate surface area is 139 Å². The van der Waals surface area contributed by atoms with Gasteiger partial charge in [0.15, 0.2) is 11.5 Å². The highest BCUT2D eigenvalue weighted by Gasteiger charge is 2.10. The van der Waals surface area contributed by atoms with Gasteiger partial charge < -0.3 is 14.8 Å². The molecule has 0 heterocycles. The molecule has 4 heteroatoms. The molecule has 21 heavy (non-hydrogen) atoms. The first-order valence-corrected chi connectivity index (χ1v) is 7.87. The first-order valence-electron chi connectivity index (χ1n) is 6.79. The summed E-state index contributed by atoms with van der Waals surface area (Å²) in [6.45, 7) is 4.25. The molecular formula is C17H20INO2. The molecule has 0 fully saturated rings. The Bertz CT molecular complexity index is 628. The maximum absolute atomic E-state index is 5.36. The van der Waals surface area contributed by atoms with Crippen LogP contribution in [0.15, 0.2) is 36.4 Å². The average molecular weight is 397 g/mol. The number of halogens is 1. The topological polar surface area (TPSA) is 30.5 Å². The van der Waals surface area contributed by atoms with E-state index in [2.05, 4.69) is 66.0 Å². The van der Waals surface area contributed by atoms with Gasteiger partial charge in [-0.2, -0.15) is 0 Å². The first kappa shape index (κ1) is 15.9. The fraction of sp³-hybridized carbons (Fsp3) is 0.294. The van der Waals surface area contributed by atoms with Gasteiger partial charge in [0.05, 0.1) is 14.2 Å². The van der Waals surface area contributed by atoms with Crippen molar-refractivity contribution in [2.24, 2.45) is 0 Å². The second-order valence-corrected chi connectivity index (χ2v) is 6.11. The van der Waals surface area contributed by atoms with Gasteiger partial charge in [-0.15, -0.1) is 0 Å². The molecule has 0 spiro atoms. The number of hydrogen-bond donors (Lipinski definition) is 1. The van der Waals surface area contributed by atoms with Crippen molar-refractivity contribution in [1.82, 2.24) is 0 Å². The van der Waals surface area contributed by atoms with Crippen molar-refractivity contribution in [1.29, 1.82) is 0 Å². The zero-order valence-electron chi connectivity index (χ0n) is 12.7. The number of hydrogen-bond acceptors (Lipinski definition) is 3. The van der Waals surface area contributed by atoms with E-state index in [-0.39, 0.29) is 6.04 Å². The molecule has 0 saturated heterocycles. The minimum Gasteiger partial charge on any atom is -0.493 e. The van der Waals surface area contributed by atoms with Crippen LogP contribution in [0, 0.1) is 10.5 Å². The zero-order valence-corrected chi connectivity index (χ0v) is 14.9. The van der Waals surface area contributed by atoms with E-state index in [0.717, 1.165) is 22.7 Å². The van der Waals surface area contributed by atoms with Crippen molar-refractivity contribution in [2.45, 2.75) is 19.9 Å². The lowest BCUT2D eigenvalue weighted by molar-refractivity contribution is 0.354. The fourth-order valence-electron chi connectivity index (χ4n) is 2.14. The molecule has 0 aliphatic rings. The molecule has 0 aliphatic heterocycles. The second-order valence-electron chi connectivity index (χ2n) is 4.94. The van der Waals surface area contributed by atoms with E-state index in [9.17, 15) is 0 Å². The largest absolute Gasteiger partial charge is 0.493 e. The third-order valence-electron chi connectivity index (χ3n) is 3.46. The highest BCUT2D eigenvalue weighted by molar-refractivity contribution is 14.1. The van der Waals surface area contributed by atoms with Crippen LogP contribution in [-0.2, 0) is 0 Å². The Morgan fingerprint density at radius 1 is 1.00 bits per heavy atom. The molecule has 112 valence electrons. The van der Waals surface area contributed by atoms with E-state index in [1.807, 2.05) is 12.1 Å². The Hall–Kier alpha value is -1.43. The lowest BCUT2D eigenvalue weighted by Crippen LogP contribution is -2.07. The van der Waals surface area contributed by atoms with Crippen LogP contribution >= 0.6 is 22.6 Å². The van der Waals surface area contributed by atoms with Gasteiger partial charge in [-0.3, -0.25) is 0 Å². The second kappa shape index (κ2) is 7.02. The molecule has 0 saturated carbocycles. The molecular weight excluding hydrogens is 377 g/mol. The Morgan fingerprint density at radius 2 is 1.71 bits per heavy atom. The summed E-state index contributed by atoms with van der Waals surface area (Å²) < 4.78 is 11.9. The fourth-order valence-corrected chi connectivity index (χ4v) is 2.65. The van der Waals surface area contributed by atoms with Crippen molar-refractivity contribution in [2.75, 3.05) is 19.5 Å². The predicted molar refractivity (Wildman–Crippen MR) is 95.5 cm³/mol. The van der Waals surface area contributed by atoms with Crippen LogP contribution in [0.5, 0.6) is 11.5 Å². The summed E-state index contributed by atoms with van der Waals surface area (Å²) in [4.78, 5) is 0. The van der Waals surface area contributed by atoms with E-state index in [0.29, 0.717) is 0 Å². The smallest absolute Gasteiger partial charge is 0.161 e. The third-order valence-corrected chi connectivity index (χ3v) is 4.62. The molecule has 1 unspecified atom stereocenters. The monoisotopic (exact) mass is 397 g/mol. The first-order chi connectivity index (χ1) is 10.0. The number of ether oxygens (including phenoxy) is 2. The highest BCUT2D eigenvalue weighted by atomic mass is 127. The maximum Gasteiger partial charge on any atom is 0.161 e. The summed E-state index contributed by atoms with van der Waals surface area (Å²) in [6.07, 6.45) is 0. The Morgan fingerprint density at radius 3 is 2.33 bits per heavy atom. The highest BCUT2D eigenvalue weighted by Crippen LogP contribution is 2.31. The van der Waals surface area contributed by atoms with Crippen molar-refractivity contribution >= 4 is 28.3 Å². The van der Waals surface area contributed by atoms with E-state index in [1.165, 1.54) is 9.13 Å². The predicted octanol–water partition coefficient (Wildman–Crippen LogP) is 4.79. The molecule has 0 aliphatic carbocycles. The summed E-state index contributed by atoms with van der Waals surface area (Å²) in [5.41, 5.74) is 3.57. The molecule has 2 rings (SSSR count). The van der Waals surface area contributed by atoms with Gasteiger partial charge in [-0.25, -0.2) is 0 Å². The van der Waals surface area contributed by atoms with Crippen LogP contribution in [0.25, 0.3) is 0 Å². The maximum atomic E-state index is 5.36. The van der Waals surface area contributed by atoms with Crippen molar-refractivity contribution in [3.8, 4) is 11.5 Å². The number of benzene rings is 2. The van der Waals surface area contributed by atoms with E-state index in [1.54, 1.807) is 14.2 Å². The summed E-state index contributed by atoms with van der Waals surface area (Å²) in [5, 5.41) is 3.51. The quantitative estimate of drug-likeness (QED) is 0.736. The summed E-state index contributed by atoms with van der Waals surface area (Å²) in [5.74, 6) is 1.50. The summed E-state index contributed by atoms with van der Waals surface area (Å²) in [7, 11) is 3.30. The minimum absolute atomic E-state index is 0.184. The van der Waals surface area contributed by atoms with E-state index in [4.69, 9.17) is 9.47 Å². The Balaban J connectivity index is 2.19. The molecule has 0 bridgehead atoms. The summed E-state index contributed by atoms with van der Waals surface area (Å²) in [6, 6.07) is 12.6. The van der Waals surface area contributed by atoms with Crippen molar-refractivity contribution in [3.63, 3.8) is 0 Å². The van der Waals surface area contributed by atoms with Gasteiger partial charge in [-0.05, 0) is 71.8 Å². The molecule has 1 atom stereocenters. The number of rotatable bonds is 5. The standard InChI is InChI=1S/C17H20INO2/c1-11-5-7-14(10-15(11)18)19-12(2)13-6-8-16(20-3)17(9-13)21-4/h5-10,12,19H,1-4H3. The van der Waals surface area contributed by atoms with Crippen LogP contribution in [0.4, 0.5) is 5.69 Å². The molecule has 1 N–H and O–H groups in total. The van der Waals surface area contributed by atoms with Crippen LogP contribution in [-0.4, -0.2) is 14.2 Å². The molecule has 2 aromatic carbocycles. The van der Waals surface area contributed by atoms with Gasteiger partial charge in [-0.1, -0.05) is 12.1 Å². The third kappa shape index (κ3) is 3.81. The molecule has 0 aromatic heterocycles. The number of nitrogens with one attached hydrogen (secondary N) is 1. The van der Waals surface area contributed by atoms with Gasteiger partial charge in [0.2, 0.25) is 0 Å². The molecule has 3 nitrogen and oxygen atoms in total. The zero-order chi connectivity index (χ0) is 15.4. The van der Waals surface area contributed by atoms with Crippen molar-refractivity contribution in [3.05, 3.63) is 51.1 Å². The lowest BCUT2D eigenvalue weighted by atomic mass is 10.1. The van der Waals surface area contributed by atoms with E-state index < -0.39 is 0 Å². The number of aryl methyl sites for hydroxylation is 1. The average Bonchev–Trinajstić information content (AvgIpc) is 2.50. The minimum atomic E-state index is 0.184. The normalized spacial score (nSPS) is 11.9. The van der Waals surface area contributed by atoms with Crippen LogP contribution in [0.2, 0.25) is 0 Å². The van der Waals surface area contributed by atoms with Gasteiger partial charge in [0, 0.05) is 15.3 Å². The van der Waals surface area contributed by atoms with Gasteiger partial charge >= 0.3 is 0 Å². The van der Waals surface area contributed by atoms with Crippen molar-refractivity contribution < 1.29 is 9.47 Å². The van der Waals surface area contributed by atoms with Gasteiger partial charge in [0.1, 0.15) is 0 Å². The lowest BCUT2D eigenvalue weighted by Gasteiger charge is -2.18. The van der Waals surface area contributed by atoms with Crippen LogP contribution < -0.4 is 14.8 Å². The van der Waals surface area contributed by atoms with Crippen LogP contribution in [0.3, 0.4) is 0 Å². The molecule has 0 amide bonds. The molecule has 0 radical (unpaired) electrons. The van der Waals surface area contributed by atoms with Gasteiger partial charge in [0.25, 0.3) is 0 Å². The van der Waals surface area contributed by atoms with E-state index >= 15 is 0 Å². The SMILES string of the molecule is COc1ccc(C(C)Nc2ccc(C)c(I)c2)cc1OC. The number of methoxy groups -OCH3 is 2. The number of anilines is 1. The molecule has 2 aromatic rings. The Kier molecular flexibility index (Phi) is 5.33. The summed E-state index contributed by atoms with van der Waals surface area (Å²) >= 11 is 2.36.